The van der Waals surface area contributed by atoms with Gasteiger partial charge < -0.3 is 20.1 Å². The first-order valence-corrected chi connectivity index (χ1v) is 11.6. The number of rotatable bonds is 5. The third-order valence-corrected chi connectivity index (χ3v) is 6.84. The van der Waals surface area contributed by atoms with Gasteiger partial charge in [-0.05, 0) is 30.2 Å². The molecule has 0 saturated heterocycles. The first kappa shape index (κ1) is 20.3. The van der Waals surface area contributed by atoms with Gasteiger partial charge in [0, 0.05) is 38.3 Å². The molecule has 2 heterocycles. The van der Waals surface area contributed by atoms with E-state index in [9.17, 15) is 8.42 Å². The Morgan fingerprint density at radius 1 is 1.13 bits per heavy atom. The lowest BCUT2D eigenvalue weighted by atomic mass is 10.2. The van der Waals surface area contributed by atoms with Crippen LogP contribution in [-0.4, -0.2) is 53.5 Å². The fourth-order valence-electron chi connectivity index (χ4n) is 3.56. The molecule has 0 aromatic heterocycles. The molecule has 0 spiro atoms. The Kier molecular flexibility index (Phi) is 5.98. The minimum absolute atomic E-state index is 0.0246. The number of ether oxygens (including phenoxy) is 2. The number of hydrogen-bond donors (Lipinski definition) is 2. The van der Waals surface area contributed by atoms with Gasteiger partial charge in [-0.15, -0.1) is 0 Å². The molecule has 0 unspecified atom stereocenters. The summed E-state index contributed by atoms with van der Waals surface area (Å²) in [5.41, 5.74) is 2.64. The largest absolute Gasteiger partial charge is 0.490 e. The second kappa shape index (κ2) is 8.83. The van der Waals surface area contributed by atoms with Crippen molar-refractivity contribution in [2.24, 2.45) is 4.99 Å². The average molecular weight is 431 g/mol. The Morgan fingerprint density at radius 3 is 2.77 bits per heavy atom. The van der Waals surface area contributed by atoms with Crippen molar-refractivity contribution < 1.29 is 17.9 Å². The van der Waals surface area contributed by atoms with Crippen LogP contribution in [0, 0.1) is 0 Å². The molecule has 30 heavy (non-hydrogen) atoms. The summed E-state index contributed by atoms with van der Waals surface area (Å²) in [6, 6.07) is 13.2. The maximum Gasteiger partial charge on any atom is 0.236 e. The summed E-state index contributed by atoms with van der Waals surface area (Å²) in [4.78, 5) is 4.18. The highest BCUT2D eigenvalue weighted by Gasteiger charge is 2.28. The monoisotopic (exact) mass is 430 g/mol. The molecule has 9 heteroatoms. The first-order valence-electron chi connectivity index (χ1n) is 10.0. The molecule has 160 valence electrons. The van der Waals surface area contributed by atoms with E-state index in [-0.39, 0.29) is 12.3 Å². The predicted octanol–water partition coefficient (Wildman–Crippen LogP) is 2.23. The second-order valence-corrected chi connectivity index (χ2v) is 9.12. The van der Waals surface area contributed by atoms with Crippen LogP contribution < -0.4 is 24.4 Å². The Morgan fingerprint density at radius 2 is 1.93 bits per heavy atom. The zero-order valence-electron chi connectivity index (χ0n) is 16.9. The van der Waals surface area contributed by atoms with Crippen molar-refractivity contribution in [1.82, 2.24) is 5.32 Å². The van der Waals surface area contributed by atoms with E-state index in [0.29, 0.717) is 31.5 Å². The molecule has 0 fully saturated rings. The quantitative estimate of drug-likeness (QED) is 0.558. The van der Waals surface area contributed by atoms with Crippen LogP contribution in [0.1, 0.15) is 12.0 Å². The molecule has 0 saturated carbocycles. The van der Waals surface area contributed by atoms with E-state index in [1.165, 1.54) is 4.31 Å². The van der Waals surface area contributed by atoms with Gasteiger partial charge in [0.15, 0.2) is 17.5 Å². The third kappa shape index (κ3) is 4.46. The highest BCUT2D eigenvalue weighted by atomic mass is 32.2. The summed E-state index contributed by atoms with van der Waals surface area (Å²) in [6.45, 7) is 1.98. The fraction of sp³-hybridized carbons (Fsp3) is 0.381. The molecule has 2 aromatic carbocycles. The Labute approximate surface area is 177 Å². The van der Waals surface area contributed by atoms with Crippen LogP contribution in [0.4, 0.5) is 11.4 Å². The molecule has 2 aliphatic heterocycles. The van der Waals surface area contributed by atoms with E-state index in [0.717, 1.165) is 35.5 Å². The van der Waals surface area contributed by atoms with E-state index in [4.69, 9.17) is 9.47 Å². The maximum atomic E-state index is 12.8. The number of benzene rings is 2. The molecule has 0 aliphatic carbocycles. The lowest BCUT2D eigenvalue weighted by molar-refractivity contribution is 0.297. The number of nitrogens with one attached hydrogen (secondary N) is 2. The smallest absolute Gasteiger partial charge is 0.236 e. The second-order valence-electron chi connectivity index (χ2n) is 7.10. The predicted molar refractivity (Wildman–Crippen MR) is 118 cm³/mol. The van der Waals surface area contributed by atoms with Gasteiger partial charge in [0.25, 0.3) is 0 Å². The minimum atomic E-state index is -3.41. The number of fused-ring (bicyclic) bond motifs is 2. The van der Waals surface area contributed by atoms with Gasteiger partial charge in [0.2, 0.25) is 10.0 Å². The van der Waals surface area contributed by atoms with Crippen molar-refractivity contribution in [2.75, 3.05) is 48.7 Å². The summed E-state index contributed by atoms with van der Waals surface area (Å²) < 4.78 is 38.5. The van der Waals surface area contributed by atoms with Gasteiger partial charge in [0.1, 0.15) is 0 Å². The van der Waals surface area contributed by atoms with Gasteiger partial charge in [0.05, 0.1) is 24.7 Å². The third-order valence-electron chi connectivity index (χ3n) is 5.07. The van der Waals surface area contributed by atoms with Crippen LogP contribution in [-0.2, 0) is 16.4 Å². The van der Waals surface area contributed by atoms with Crippen LogP contribution in [0.25, 0.3) is 0 Å². The van der Waals surface area contributed by atoms with Crippen LogP contribution in [0.2, 0.25) is 0 Å². The first-order chi connectivity index (χ1) is 14.6. The molecule has 0 radical (unpaired) electrons. The van der Waals surface area contributed by atoms with Gasteiger partial charge in [-0.3, -0.25) is 9.30 Å². The molecule has 0 atom stereocenters. The number of anilines is 2. The van der Waals surface area contributed by atoms with E-state index in [1.807, 2.05) is 42.5 Å². The SMILES string of the molecule is CN=C(NCCS(=O)(=O)N1CCc2ccccc21)Nc1ccc2c(c1)OCCCO2. The topological polar surface area (TPSA) is 92.3 Å². The van der Waals surface area contributed by atoms with Crippen molar-refractivity contribution in [2.45, 2.75) is 12.8 Å². The summed E-state index contributed by atoms with van der Waals surface area (Å²) >= 11 is 0. The van der Waals surface area contributed by atoms with Crippen LogP contribution in [0.5, 0.6) is 11.5 Å². The number of nitrogens with zero attached hydrogens (tertiary/aromatic N) is 2. The normalized spacial score (nSPS) is 16.0. The van der Waals surface area contributed by atoms with E-state index in [2.05, 4.69) is 15.6 Å². The van der Waals surface area contributed by atoms with Gasteiger partial charge in [-0.2, -0.15) is 0 Å². The van der Waals surface area contributed by atoms with Gasteiger partial charge in [-0.1, -0.05) is 18.2 Å². The standard InChI is InChI=1S/C21H26N4O4S/c1-22-21(24-17-7-8-19-20(15-17)29-13-4-12-28-19)23-10-14-30(26,27)25-11-9-16-5-2-3-6-18(16)25/h2-3,5-8,15H,4,9-14H2,1H3,(H2,22,23,24). The Bertz CT molecular complexity index is 1040. The highest BCUT2D eigenvalue weighted by molar-refractivity contribution is 7.92. The summed E-state index contributed by atoms with van der Waals surface area (Å²) in [5.74, 6) is 1.87. The number of guanidine groups is 1. The number of sulfonamides is 1. The number of aliphatic imine (C=N–C) groups is 1. The van der Waals surface area contributed by atoms with Crippen LogP contribution in [0.15, 0.2) is 47.5 Å². The van der Waals surface area contributed by atoms with Gasteiger partial charge >= 0.3 is 0 Å². The lowest BCUT2D eigenvalue weighted by Gasteiger charge is -2.20. The number of para-hydroxylation sites is 1. The summed E-state index contributed by atoms with van der Waals surface area (Å²) in [5, 5.41) is 6.24. The summed E-state index contributed by atoms with van der Waals surface area (Å²) in [6.07, 6.45) is 1.59. The molecular weight excluding hydrogens is 404 g/mol. The zero-order valence-corrected chi connectivity index (χ0v) is 17.7. The Hall–Kier alpha value is -2.94. The zero-order chi connectivity index (χ0) is 21.0. The molecule has 4 rings (SSSR count). The van der Waals surface area contributed by atoms with Crippen molar-refractivity contribution in [3.63, 3.8) is 0 Å². The van der Waals surface area contributed by atoms with Crippen molar-refractivity contribution in [3.8, 4) is 11.5 Å². The molecule has 0 amide bonds. The fourth-order valence-corrected chi connectivity index (χ4v) is 4.99. The van der Waals surface area contributed by atoms with Crippen molar-refractivity contribution in [3.05, 3.63) is 48.0 Å². The van der Waals surface area contributed by atoms with Crippen molar-refractivity contribution >= 4 is 27.4 Å². The van der Waals surface area contributed by atoms with E-state index in [1.54, 1.807) is 7.05 Å². The van der Waals surface area contributed by atoms with Crippen LogP contribution in [0.3, 0.4) is 0 Å². The van der Waals surface area contributed by atoms with E-state index < -0.39 is 10.0 Å². The average Bonchev–Trinajstić information content (AvgIpc) is 3.05. The summed E-state index contributed by atoms with van der Waals surface area (Å²) in [7, 11) is -1.77. The van der Waals surface area contributed by atoms with Crippen LogP contribution >= 0.6 is 0 Å². The molecule has 8 nitrogen and oxygen atoms in total. The molecule has 0 bridgehead atoms. The molecule has 2 N–H and O–H groups in total. The molecule has 2 aromatic rings. The minimum Gasteiger partial charge on any atom is -0.490 e. The maximum absolute atomic E-state index is 12.8. The van der Waals surface area contributed by atoms with Gasteiger partial charge in [-0.25, -0.2) is 8.42 Å². The molecule has 2 aliphatic rings. The number of hydrogen-bond acceptors (Lipinski definition) is 5. The highest BCUT2D eigenvalue weighted by Crippen LogP contribution is 2.32. The Balaban J connectivity index is 1.35. The lowest BCUT2D eigenvalue weighted by Crippen LogP contribution is -2.39. The molecular formula is C21H26N4O4S. The van der Waals surface area contributed by atoms with Crippen molar-refractivity contribution in [1.29, 1.82) is 0 Å². The van der Waals surface area contributed by atoms with E-state index >= 15 is 0 Å².